The van der Waals surface area contributed by atoms with E-state index >= 15 is 0 Å². The number of benzene rings is 2. The van der Waals surface area contributed by atoms with Gasteiger partial charge in [-0.3, -0.25) is 4.79 Å². The third-order valence-electron chi connectivity index (χ3n) is 4.72. The molecule has 6 nitrogen and oxygen atoms in total. The van der Waals surface area contributed by atoms with Gasteiger partial charge in [0.1, 0.15) is 0 Å². The SMILES string of the molecule is Cc1ccc(NC(=O)Cc2noc(-c3ccc4c(c3)CCNCC4)n2)cc1. The first-order valence-corrected chi connectivity index (χ1v) is 9.19. The van der Waals surface area contributed by atoms with Crippen LogP contribution in [0.3, 0.4) is 0 Å². The molecule has 2 aromatic carbocycles. The van der Waals surface area contributed by atoms with E-state index in [1.54, 1.807) is 0 Å². The minimum atomic E-state index is -0.167. The fraction of sp³-hybridized carbons (Fsp3) is 0.286. The molecule has 6 heteroatoms. The third-order valence-corrected chi connectivity index (χ3v) is 4.72. The van der Waals surface area contributed by atoms with E-state index in [-0.39, 0.29) is 12.3 Å². The summed E-state index contributed by atoms with van der Waals surface area (Å²) in [6, 6.07) is 13.9. The summed E-state index contributed by atoms with van der Waals surface area (Å²) < 4.78 is 5.38. The molecule has 138 valence electrons. The third kappa shape index (κ3) is 4.23. The number of carbonyl (C=O) groups excluding carboxylic acids is 1. The van der Waals surface area contributed by atoms with Gasteiger partial charge in [-0.1, -0.05) is 28.9 Å². The monoisotopic (exact) mass is 362 g/mol. The lowest BCUT2D eigenvalue weighted by molar-refractivity contribution is -0.115. The molecule has 0 spiro atoms. The first-order chi connectivity index (χ1) is 13.2. The fourth-order valence-corrected chi connectivity index (χ4v) is 3.24. The van der Waals surface area contributed by atoms with Gasteiger partial charge in [-0.2, -0.15) is 4.98 Å². The van der Waals surface area contributed by atoms with Crippen LogP contribution in [0.5, 0.6) is 0 Å². The molecule has 0 saturated carbocycles. The highest BCUT2D eigenvalue weighted by molar-refractivity contribution is 5.91. The van der Waals surface area contributed by atoms with Crippen molar-refractivity contribution in [2.75, 3.05) is 18.4 Å². The molecule has 1 aliphatic rings. The number of aryl methyl sites for hydroxylation is 1. The summed E-state index contributed by atoms with van der Waals surface area (Å²) in [4.78, 5) is 16.6. The highest BCUT2D eigenvalue weighted by atomic mass is 16.5. The highest BCUT2D eigenvalue weighted by Crippen LogP contribution is 2.23. The van der Waals surface area contributed by atoms with E-state index in [4.69, 9.17) is 4.52 Å². The van der Waals surface area contributed by atoms with Crippen LogP contribution in [0.25, 0.3) is 11.5 Å². The summed E-state index contributed by atoms with van der Waals surface area (Å²) in [7, 11) is 0. The molecule has 2 heterocycles. The maximum Gasteiger partial charge on any atom is 0.257 e. The number of anilines is 1. The smallest absolute Gasteiger partial charge is 0.257 e. The van der Waals surface area contributed by atoms with Crippen LogP contribution in [-0.2, 0) is 24.1 Å². The Morgan fingerprint density at radius 3 is 2.70 bits per heavy atom. The number of hydrogen-bond donors (Lipinski definition) is 2. The Morgan fingerprint density at radius 1 is 1.11 bits per heavy atom. The van der Waals surface area contributed by atoms with E-state index in [9.17, 15) is 4.79 Å². The molecule has 4 rings (SSSR count). The van der Waals surface area contributed by atoms with Gasteiger partial charge in [0, 0.05) is 11.3 Å². The van der Waals surface area contributed by atoms with E-state index in [0.717, 1.165) is 42.7 Å². The quantitative estimate of drug-likeness (QED) is 0.746. The van der Waals surface area contributed by atoms with Crippen LogP contribution in [0.1, 0.15) is 22.5 Å². The lowest BCUT2D eigenvalue weighted by Gasteiger charge is -2.05. The van der Waals surface area contributed by atoms with Gasteiger partial charge >= 0.3 is 0 Å². The van der Waals surface area contributed by atoms with E-state index in [2.05, 4.69) is 32.9 Å². The predicted molar refractivity (Wildman–Crippen MR) is 104 cm³/mol. The molecule has 1 aliphatic heterocycles. The standard InChI is InChI=1S/C21H22N4O2/c1-14-2-6-18(7-3-14)23-20(26)13-19-24-21(27-25-19)17-5-4-15-8-10-22-11-9-16(15)12-17/h2-7,12,22H,8-11,13H2,1H3,(H,23,26). The molecule has 0 atom stereocenters. The number of rotatable bonds is 4. The Hall–Kier alpha value is -2.99. The molecular formula is C21H22N4O2. The largest absolute Gasteiger partial charge is 0.334 e. The maximum absolute atomic E-state index is 12.2. The van der Waals surface area contributed by atoms with Crippen molar-refractivity contribution >= 4 is 11.6 Å². The van der Waals surface area contributed by atoms with Gasteiger partial charge in [0.25, 0.3) is 5.89 Å². The Labute approximate surface area is 158 Å². The lowest BCUT2D eigenvalue weighted by Crippen LogP contribution is -2.16. The van der Waals surface area contributed by atoms with Crippen molar-refractivity contribution in [3.8, 4) is 11.5 Å². The lowest BCUT2D eigenvalue weighted by atomic mass is 10.00. The summed E-state index contributed by atoms with van der Waals surface area (Å²) >= 11 is 0. The Bertz CT molecular complexity index is 947. The van der Waals surface area contributed by atoms with Crippen molar-refractivity contribution < 1.29 is 9.32 Å². The number of hydrogen-bond acceptors (Lipinski definition) is 5. The van der Waals surface area contributed by atoms with Crippen molar-refractivity contribution in [1.29, 1.82) is 0 Å². The van der Waals surface area contributed by atoms with E-state index < -0.39 is 0 Å². The molecule has 0 fully saturated rings. The molecule has 2 N–H and O–H groups in total. The van der Waals surface area contributed by atoms with Gasteiger partial charge in [-0.25, -0.2) is 0 Å². The summed E-state index contributed by atoms with van der Waals surface area (Å²) in [5.74, 6) is 0.665. The van der Waals surface area contributed by atoms with Gasteiger partial charge < -0.3 is 15.2 Å². The van der Waals surface area contributed by atoms with Crippen LogP contribution in [0.2, 0.25) is 0 Å². The molecule has 1 aromatic heterocycles. The van der Waals surface area contributed by atoms with Crippen molar-refractivity contribution in [3.63, 3.8) is 0 Å². The van der Waals surface area contributed by atoms with Crippen molar-refractivity contribution in [2.24, 2.45) is 0 Å². The van der Waals surface area contributed by atoms with Crippen LogP contribution in [0.15, 0.2) is 47.0 Å². The van der Waals surface area contributed by atoms with Gasteiger partial charge in [-0.05, 0) is 68.2 Å². The number of carbonyl (C=O) groups is 1. The van der Waals surface area contributed by atoms with Crippen LogP contribution < -0.4 is 10.6 Å². The maximum atomic E-state index is 12.2. The average molecular weight is 362 g/mol. The number of aromatic nitrogens is 2. The molecule has 0 unspecified atom stereocenters. The summed E-state index contributed by atoms with van der Waals surface area (Å²) in [6.45, 7) is 3.99. The molecule has 0 saturated heterocycles. The van der Waals surface area contributed by atoms with E-state index in [1.165, 1.54) is 11.1 Å². The van der Waals surface area contributed by atoms with Crippen LogP contribution >= 0.6 is 0 Å². The van der Waals surface area contributed by atoms with Gasteiger partial charge in [-0.15, -0.1) is 0 Å². The second-order valence-corrected chi connectivity index (χ2v) is 6.84. The molecular weight excluding hydrogens is 340 g/mol. The molecule has 1 amide bonds. The number of nitrogens with one attached hydrogen (secondary N) is 2. The van der Waals surface area contributed by atoms with Gasteiger partial charge in [0.15, 0.2) is 5.82 Å². The van der Waals surface area contributed by atoms with Gasteiger partial charge in [0.2, 0.25) is 5.91 Å². The van der Waals surface area contributed by atoms with Crippen LogP contribution in [0, 0.1) is 6.92 Å². The van der Waals surface area contributed by atoms with Gasteiger partial charge in [0.05, 0.1) is 6.42 Å². The topological polar surface area (TPSA) is 80.0 Å². The second-order valence-electron chi connectivity index (χ2n) is 6.84. The number of nitrogens with zero attached hydrogens (tertiary/aromatic N) is 2. The Morgan fingerprint density at radius 2 is 1.89 bits per heavy atom. The van der Waals surface area contributed by atoms with Crippen LogP contribution in [-0.4, -0.2) is 29.1 Å². The number of amides is 1. The molecule has 27 heavy (non-hydrogen) atoms. The zero-order valence-electron chi connectivity index (χ0n) is 15.3. The zero-order chi connectivity index (χ0) is 18.6. The molecule has 0 bridgehead atoms. The van der Waals surface area contributed by atoms with Crippen LogP contribution in [0.4, 0.5) is 5.69 Å². The Balaban J connectivity index is 1.44. The fourth-order valence-electron chi connectivity index (χ4n) is 3.24. The normalized spacial score (nSPS) is 13.7. The first kappa shape index (κ1) is 17.4. The van der Waals surface area contributed by atoms with Crippen molar-refractivity contribution in [2.45, 2.75) is 26.2 Å². The Kier molecular flexibility index (Phi) is 4.98. The second kappa shape index (κ2) is 7.72. The molecule has 3 aromatic rings. The molecule has 0 radical (unpaired) electrons. The minimum Gasteiger partial charge on any atom is -0.334 e. The molecule has 0 aliphatic carbocycles. The van der Waals surface area contributed by atoms with E-state index in [1.807, 2.05) is 37.3 Å². The summed E-state index contributed by atoms with van der Waals surface area (Å²) in [5, 5.41) is 10.2. The minimum absolute atomic E-state index is 0.0756. The number of fused-ring (bicyclic) bond motifs is 1. The highest BCUT2D eigenvalue weighted by Gasteiger charge is 2.15. The first-order valence-electron chi connectivity index (χ1n) is 9.19. The zero-order valence-corrected chi connectivity index (χ0v) is 15.3. The van der Waals surface area contributed by atoms with Crippen molar-refractivity contribution in [3.05, 3.63) is 65.0 Å². The average Bonchev–Trinajstić information content (AvgIpc) is 2.99. The summed E-state index contributed by atoms with van der Waals surface area (Å²) in [6.07, 6.45) is 2.10. The summed E-state index contributed by atoms with van der Waals surface area (Å²) in [5.41, 5.74) is 5.48. The van der Waals surface area contributed by atoms with Crippen molar-refractivity contribution in [1.82, 2.24) is 15.5 Å². The van der Waals surface area contributed by atoms with E-state index in [0.29, 0.717) is 11.7 Å². The predicted octanol–water partition coefficient (Wildman–Crippen LogP) is 2.91.